The Labute approximate surface area is 201 Å². The van der Waals surface area contributed by atoms with Crippen LogP contribution in [-0.2, 0) is 22.5 Å². The molecule has 6 nitrogen and oxygen atoms in total. The number of methoxy groups -OCH3 is 1. The van der Waals surface area contributed by atoms with E-state index >= 15 is 0 Å². The summed E-state index contributed by atoms with van der Waals surface area (Å²) in [6, 6.07) is 18.6. The number of carboxylic acids is 1. The predicted molar refractivity (Wildman–Crippen MR) is 133 cm³/mol. The third-order valence-corrected chi connectivity index (χ3v) is 6.77. The lowest BCUT2D eigenvalue weighted by molar-refractivity contribution is -0.142. The summed E-state index contributed by atoms with van der Waals surface area (Å²) in [7, 11) is 1.70. The Kier molecular flexibility index (Phi) is 8.01. The van der Waals surface area contributed by atoms with E-state index in [4.69, 9.17) is 19.7 Å². The van der Waals surface area contributed by atoms with Crippen molar-refractivity contribution in [3.8, 4) is 28.1 Å². The number of nitrogens with zero attached hydrogens (tertiary/aromatic N) is 2. The average molecular weight is 463 g/mol. The molecule has 0 radical (unpaired) electrons. The molecule has 6 heteroatoms. The molecular weight excluding hydrogens is 428 g/mol. The third-order valence-electron chi connectivity index (χ3n) is 6.77. The molecule has 1 heterocycles. The molecule has 0 atom stereocenters. The van der Waals surface area contributed by atoms with Crippen molar-refractivity contribution in [1.29, 1.82) is 0 Å². The van der Waals surface area contributed by atoms with Gasteiger partial charge >= 0.3 is 5.97 Å². The van der Waals surface area contributed by atoms with Gasteiger partial charge in [0.1, 0.15) is 18.1 Å². The maximum atomic E-state index is 10.7. The second-order valence-corrected chi connectivity index (χ2v) is 9.10. The molecule has 1 N–H and O–H groups in total. The monoisotopic (exact) mass is 462 g/mol. The lowest BCUT2D eigenvalue weighted by atomic mass is 9.82. The number of carboxylic acid groups (broad SMARTS) is 1. The minimum Gasteiger partial charge on any atom is -0.497 e. The minimum absolute atomic E-state index is 0.206. The van der Waals surface area contributed by atoms with Gasteiger partial charge in [-0.2, -0.15) is 5.10 Å². The Morgan fingerprint density at radius 2 is 1.74 bits per heavy atom. The molecule has 3 aromatic rings. The summed E-state index contributed by atoms with van der Waals surface area (Å²) in [4.78, 5) is 10.7. The Morgan fingerprint density at radius 1 is 1.03 bits per heavy atom. The van der Waals surface area contributed by atoms with Crippen molar-refractivity contribution < 1.29 is 19.4 Å². The summed E-state index contributed by atoms with van der Waals surface area (Å²) >= 11 is 0. The third kappa shape index (κ3) is 5.68. The number of benzene rings is 2. The Morgan fingerprint density at radius 3 is 2.41 bits per heavy atom. The Hall–Kier alpha value is -3.12. The van der Waals surface area contributed by atoms with Gasteiger partial charge in [0.05, 0.1) is 13.7 Å². The van der Waals surface area contributed by atoms with E-state index in [9.17, 15) is 4.79 Å². The highest BCUT2D eigenvalue weighted by Crippen LogP contribution is 2.38. The summed E-state index contributed by atoms with van der Waals surface area (Å²) in [6.07, 6.45) is 5.26. The first-order valence-corrected chi connectivity index (χ1v) is 12.2. The van der Waals surface area contributed by atoms with E-state index in [2.05, 4.69) is 48.0 Å². The number of aromatic nitrogens is 2. The van der Waals surface area contributed by atoms with Gasteiger partial charge in [0, 0.05) is 23.4 Å². The van der Waals surface area contributed by atoms with Gasteiger partial charge in [0.15, 0.2) is 0 Å². The Balaban J connectivity index is 1.58. The molecule has 0 bridgehead atoms. The smallest absolute Gasteiger partial charge is 0.329 e. The van der Waals surface area contributed by atoms with E-state index in [-0.39, 0.29) is 6.61 Å². The number of hydrogen-bond donors (Lipinski definition) is 1. The zero-order chi connectivity index (χ0) is 23.9. The second kappa shape index (κ2) is 11.3. The van der Waals surface area contributed by atoms with E-state index in [0.29, 0.717) is 18.4 Å². The first kappa shape index (κ1) is 24.0. The molecule has 0 aliphatic heterocycles. The van der Waals surface area contributed by atoms with Crippen molar-refractivity contribution in [1.82, 2.24) is 9.78 Å². The van der Waals surface area contributed by atoms with Crippen LogP contribution in [0.4, 0.5) is 0 Å². The van der Waals surface area contributed by atoms with Gasteiger partial charge in [-0.25, -0.2) is 4.79 Å². The molecule has 4 rings (SSSR count). The van der Waals surface area contributed by atoms with Crippen LogP contribution in [0.3, 0.4) is 0 Å². The molecule has 1 fully saturated rings. The summed E-state index contributed by atoms with van der Waals surface area (Å²) in [5.41, 5.74) is 5.69. The average Bonchev–Trinajstić information content (AvgIpc) is 3.23. The van der Waals surface area contributed by atoms with Crippen LogP contribution in [0.5, 0.6) is 5.75 Å². The molecule has 0 unspecified atom stereocenters. The lowest BCUT2D eigenvalue weighted by Crippen LogP contribution is -2.23. The van der Waals surface area contributed by atoms with E-state index < -0.39 is 5.97 Å². The van der Waals surface area contributed by atoms with Gasteiger partial charge in [-0.05, 0) is 61.6 Å². The first-order valence-electron chi connectivity index (χ1n) is 12.2. The van der Waals surface area contributed by atoms with Crippen molar-refractivity contribution in [2.75, 3.05) is 20.3 Å². The van der Waals surface area contributed by atoms with E-state index in [0.717, 1.165) is 61.2 Å². The summed E-state index contributed by atoms with van der Waals surface area (Å²) < 4.78 is 13.1. The van der Waals surface area contributed by atoms with Crippen molar-refractivity contribution >= 4 is 5.97 Å². The van der Waals surface area contributed by atoms with Crippen LogP contribution in [0.2, 0.25) is 0 Å². The van der Waals surface area contributed by atoms with E-state index in [1.54, 1.807) is 7.11 Å². The SMILES string of the molecule is CCc1c(-c2cccc(OC)c2)c(-c2ccccc2)nn1C[C@H]1CC[C@H](COCC(=O)O)CC1. The topological polar surface area (TPSA) is 73.6 Å². The fourth-order valence-electron chi connectivity index (χ4n) is 5.03. The van der Waals surface area contributed by atoms with Crippen molar-refractivity contribution in [2.24, 2.45) is 11.8 Å². The molecule has 1 saturated carbocycles. The van der Waals surface area contributed by atoms with Crippen molar-refractivity contribution in [3.05, 3.63) is 60.3 Å². The standard InChI is InChI=1S/C28H34N2O4/c1-3-25-27(23-10-7-11-24(16-23)33-2)28(22-8-5-4-6-9-22)29-30(25)17-20-12-14-21(15-13-20)18-34-19-26(31)32/h4-11,16,20-21H,3,12-15,17-19H2,1-2H3,(H,31,32)/t20-,21-. The van der Waals surface area contributed by atoms with Crippen LogP contribution in [-0.4, -0.2) is 41.2 Å². The van der Waals surface area contributed by atoms with E-state index in [1.807, 2.05) is 18.2 Å². The fraction of sp³-hybridized carbons (Fsp3) is 0.429. The maximum Gasteiger partial charge on any atom is 0.329 e. The molecule has 180 valence electrons. The predicted octanol–water partition coefficient (Wildman–Crippen LogP) is 5.70. The van der Waals surface area contributed by atoms with Crippen molar-refractivity contribution in [3.63, 3.8) is 0 Å². The highest BCUT2D eigenvalue weighted by Gasteiger charge is 2.25. The van der Waals surface area contributed by atoms with Gasteiger partial charge < -0.3 is 14.6 Å². The van der Waals surface area contributed by atoms with Gasteiger partial charge in [-0.15, -0.1) is 0 Å². The van der Waals surface area contributed by atoms with Crippen LogP contribution < -0.4 is 4.74 Å². The second-order valence-electron chi connectivity index (χ2n) is 9.10. The molecule has 2 aromatic carbocycles. The molecule has 1 aliphatic rings. The molecule has 0 saturated heterocycles. The summed E-state index contributed by atoms with van der Waals surface area (Å²) in [5, 5.41) is 13.9. The van der Waals surface area contributed by atoms with Crippen LogP contribution in [0.15, 0.2) is 54.6 Å². The molecule has 0 amide bonds. The van der Waals surface area contributed by atoms with Gasteiger partial charge in [-0.3, -0.25) is 4.68 Å². The lowest BCUT2D eigenvalue weighted by Gasteiger charge is -2.28. The molecule has 1 aliphatic carbocycles. The van der Waals surface area contributed by atoms with E-state index in [1.165, 1.54) is 11.3 Å². The van der Waals surface area contributed by atoms with Crippen LogP contribution in [0, 0.1) is 11.8 Å². The number of carbonyl (C=O) groups is 1. The minimum atomic E-state index is -0.902. The zero-order valence-corrected chi connectivity index (χ0v) is 20.1. The quantitative estimate of drug-likeness (QED) is 0.419. The normalized spacial score (nSPS) is 18.1. The van der Waals surface area contributed by atoms with Gasteiger partial charge in [0.2, 0.25) is 0 Å². The molecule has 0 spiro atoms. The Bertz CT molecular complexity index is 1090. The van der Waals surface area contributed by atoms with Gasteiger partial charge in [0.25, 0.3) is 0 Å². The maximum absolute atomic E-state index is 10.7. The van der Waals surface area contributed by atoms with Crippen molar-refractivity contribution in [2.45, 2.75) is 45.6 Å². The molecular formula is C28H34N2O4. The van der Waals surface area contributed by atoms with Crippen LogP contribution in [0.25, 0.3) is 22.4 Å². The summed E-state index contributed by atoms with van der Waals surface area (Å²) in [5.74, 6) is 0.948. The number of rotatable bonds is 10. The summed E-state index contributed by atoms with van der Waals surface area (Å²) in [6.45, 7) is 3.43. The van der Waals surface area contributed by atoms with Gasteiger partial charge in [-0.1, -0.05) is 49.4 Å². The largest absolute Gasteiger partial charge is 0.497 e. The number of hydrogen-bond acceptors (Lipinski definition) is 4. The first-order chi connectivity index (χ1) is 16.6. The molecule has 1 aromatic heterocycles. The number of aliphatic carboxylic acids is 1. The fourth-order valence-corrected chi connectivity index (χ4v) is 5.03. The highest BCUT2D eigenvalue weighted by molar-refractivity contribution is 5.83. The number of ether oxygens (including phenoxy) is 2. The molecule has 34 heavy (non-hydrogen) atoms. The highest BCUT2D eigenvalue weighted by atomic mass is 16.5. The zero-order valence-electron chi connectivity index (χ0n) is 20.1. The van der Waals surface area contributed by atoms with Crippen LogP contribution >= 0.6 is 0 Å². The van der Waals surface area contributed by atoms with Crippen LogP contribution in [0.1, 0.15) is 38.3 Å².